The van der Waals surface area contributed by atoms with Crippen LogP contribution in [0.25, 0.3) is 0 Å². The van der Waals surface area contributed by atoms with Crippen LogP contribution in [0.15, 0.2) is 12.1 Å². The minimum absolute atomic E-state index is 0.366. The number of aromatic nitrogens is 1. The Labute approximate surface area is 105 Å². The van der Waals surface area contributed by atoms with Gasteiger partial charge < -0.3 is 5.32 Å². The molecule has 0 radical (unpaired) electrons. The van der Waals surface area contributed by atoms with Gasteiger partial charge in [-0.3, -0.25) is 4.98 Å². The highest BCUT2D eigenvalue weighted by Crippen LogP contribution is 2.31. The van der Waals surface area contributed by atoms with E-state index in [1.165, 1.54) is 36.2 Å². The summed E-state index contributed by atoms with van der Waals surface area (Å²) in [6, 6.07) is 4.35. The maximum absolute atomic E-state index is 4.77. The lowest BCUT2D eigenvalue weighted by atomic mass is 9.78. The van der Waals surface area contributed by atoms with E-state index in [1.54, 1.807) is 0 Å². The Morgan fingerprint density at radius 2 is 2.06 bits per heavy atom. The van der Waals surface area contributed by atoms with Gasteiger partial charge in [-0.15, -0.1) is 0 Å². The number of rotatable bonds is 4. The molecule has 1 N–H and O–H groups in total. The van der Waals surface area contributed by atoms with Crippen LogP contribution < -0.4 is 5.32 Å². The van der Waals surface area contributed by atoms with E-state index in [4.69, 9.17) is 4.98 Å². The van der Waals surface area contributed by atoms with Gasteiger partial charge in [-0.05, 0) is 50.7 Å². The second kappa shape index (κ2) is 4.77. The summed E-state index contributed by atoms with van der Waals surface area (Å²) >= 11 is 0. The van der Waals surface area contributed by atoms with E-state index in [9.17, 15) is 0 Å². The molecule has 2 nitrogen and oxygen atoms in total. The fourth-order valence-corrected chi connectivity index (χ4v) is 2.46. The average Bonchev–Trinajstić information content (AvgIpc) is 2.25. The molecular formula is C15H24N2. The first-order valence-corrected chi connectivity index (χ1v) is 6.72. The molecule has 2 heteroatoms. The third-order valence-electron chi connectivity index (χ3n) is 3.89. The number of nitrogens with zero attached hydrogens (tertiary/aromatic N) is 1. The van der Waals surface area contributed by atoms with Gasteiger partial charge in [-0.25, -0.2) is 0 Å². The molecule has 0 spiro atoms. The SMILES string of the molecule is Cc1ccc(CNC2(C)CCC2)nc1C(C)C. The van der Waals surface area contributed by atoms with Crippen LogP contribution in [-0.4, -0.2) is 10.5 Å². The zero-order valence-electron chi connectivity index (χ0n) is 11.5. The maximum Gasteiger partial charge on any atom is 0.0545 e. The van der Waals surface area contributed by atoms with Gasteiger partial charge in [0.15, 0.2) is 0 Å². The van der Waals surface area contributed by atoms with Gasteiger partial charge >= 0.3 is 0 Å². The minimum Gasteiger partial charge on any atom is -0.306 e. The molecule has 1 heterocycles. The smallest absolute Gasteiger partial charge is 0.0545 e. The normalized spacial score (nSPS) is 18.2. The maximum atomic E-state index is 4.77. The van der Waals surface area contributed by atoms with Gasteiger partial charge in [-0.1, -0.05) is 19.9 Å². The molecule has 94 valence electrons. The number of aryl methyl sites for hydroxylation is 1. The molecule has 1 aromatic rings. The first kappa shape index (κ1) is 12.6. The Morgan fingerprint density at radius 3 is 2.59 bits per heavy atom. The van der Waals surface area contributed by atoms with E-state index in [-0.39, 0.29) is 0 Å². The van der Waals surface area contributed by atoms with Crippen molar-refractivity contribution in [3.63, 3.8) is 0 Å². The van der Waals surface area contributed by atoms with Crippen molar-refractivity contribution >= 4 is 0 Å². The standard InChI is InChI=1S/C15H24N2/c1-11(2)14-12(3)6-7-13(17-14)10-16-15(4)8-5-9-15/h6-7,11,16H,5,8-10H2,1-4H3. The summed E-state index contributed by atoms with van der Waals surface area (Å²) in [4.78, 5) is 4.77. The van der Waals surface area contributed by atoms with Crippen molar-refractivity contribution in [2.45, 2.75) is 65.0 Å². The van der Waals surface area contributed by atoms with Crippen LogP contribution in [0.3, 0.4) is 0 Å². The van der Waals surface area contributed by atoms with Gasteiger partial charge in [-0.2, -0.15) is 0 Å². The second-order valence-electron chi connectivity index (χ2n) is 5.93. The molecule has 2 rings (SSSR count). The van der Waals surface area contributed by atoms with Crippen molar-refractivity contribution in [1.29, 1.82) is 0 Å². The number of nitrogens with one attached hydrogen (secondary N) is 1. The molecule has 0 saturated heterocycles. The van der Waals surface area contributed by atoms with Gasteiger partial charge in [0.2, 0.25) is 0 Å². The molecule has 1 aliphatic rings. The predicted molar refractivity (Wildman–Crippen MR) is 72.2 cm³/mol. The highest BCUT2D eigenvalue weighted by molar-refractivity contribution is 5.24. The van der Waals surface area contributed by atoms with Gasteiger partial charge in [0.25, 0.3) is 0 Å². The van der Waals surface area contributed by atoms with Crippen molar-refractivity contribution in [3.05, 3.63) is 29.1 Å². The molecule has 1 saturated carbocycles. The lowest BCUT2D eigenvalue weighted by Gasteiger charge is -2.39. The second-order valence-corrected chi connectivity index (χ2v) is 5.93. The van der Waals surface area contributed by atoms with Gasteiger partial charge in [0.1, 0.15) is 0 Å². The van der Waals surface area contributed by atoms with Crippen molar-refractivity contribution in [3.8, 4) is 0 Å². The first-order chi connectivity index (χ1) is 8.00. The van der Waals surface area contributed by atoms with E-state index < -0.39 is 0 Å². The van der Waals surface area contributed by atoms with Crippen molar-refractivity contribution in [2.75, 3.05) is 0 Å². The summed E-state index contributed by atoms with van der Waals surface area (Å²) in [5.74, 6) is 0.509. The first-order valence-electron chi connectivity index (χ1n) is 6.72. The van der Waals surface area contributed by atoms with Crippen LogP contribution >= 0.6 is 0 Å². The Morgan fingerprint density at radius 1 is 1.35 bits per heavy atom. The fourth-order valence-electron chi connectivity index (χ4n) is 2.46. The van der Waals surface area contributed by atoms with Gasteiger partial charge in [0.05, 0.1) is 5.69 Å². The Bertz CT molecular complexity index is 392. The number of pyridine rings is 1. The Hall–Kier alpha value is -0.890. The summed E-state index contributed by atoms with van der Waals surface area (Å²) in [6.07, 6.45) is 3.97. The Kier molecular flexibility index (Phi) is 3.53. The lowest BCUT2D eigenvalue weighted by molar-refractivity contribution is 0.206. The van der Waals surface area contributed by atoms with E-state index in [2.05, 4.69) is 45.1 Å². The van der Waals surface area contributed by atoms with E-state index in [0.29, 0.717) is 11.5 Å². The molecular weight excluding hydrogens is 208 g/mol. The molecule has 1 fully saturated rings. The quantitative estimate of drug-likeness (QED) is 0.858. The molecule has 0 amide bonds. The molecule has 1 aromatic heterocycles. The highest BCUT2D eigenvalue weighted by Gasteiger charge is 2.30. The lowest BCUT2D eigenvalue weighted by Crippen LogP contribution is -2.47. The number of hydrogen-bond donors (Lipinski definition) is 1. The van der Waals surface area contributed by atoms with Crippen molar-refractivity contribution in [1.82, 2.24) is 10.3 Å². The largest absolute Gasteiger partial charge is 0.306 e. The zero-order chi connectivity index (χ0) is 12.5. The number of hydrogen-bond acceptors (Lipinski definition) is 2. The predicted octanol–water partition coefficient (Wildman–Crippen LogP) is 3.55. The molecule has 0 atom stereocenters. The minimum atomic E-state index is 0.366. The van der Waals surface area contributed by atoms with Crippen LogP contribution in [0.5, 0.6) is 0 Å². The van der Waals surface area contributed by atoms with Crippen molar-refractivity contribution in [2.24, 2.45) is 0 Å². The van der Waals surface area contributed by atoms with E-state index >= 15 is 0 Å². The van der Waals surface area contributed by atoms with E-state index in [1.807, 2.05) is 0 Å². The molecule has 0 aliphatic heterocycles. The summed E-state index contributed by atoms with van der Waals surface area (Å²) in [5.41, 5.74) is 4.08. The van der Waals surface area contributed by atoms with Crippen LogP contribution in [0.2, 0.25) is 0 Å². The van der Waals surface area contributed by atoms with Crippen LogP contribution in [0.1, 0.15) is 62.9 Å². The fraction of sp³-hybridized carbons (Fsp3) is 0.667. The van der Waals surface area contributed by atoms with E-state index in [0.717, 1.165) is 6.54 Å². The third-order valence-corrected chi connectivity index (χ3v) is 3.89. The van der Waals surface area contributed by atoms with Crippen LogP contribution in [0.4, 0.5) is 0 Å². The molecule has 0 unspecified atom stereocenters. The van der Waals surface area contributed by atoms with Crippen molar-refractivity contribution < 1.29 is 0 Å². The summed E-state index contributed by atoms with van der Waals surface area (Å²) < 4.78 is 0. The molecule has 1 aliphatic carbocycles. The van der Waals surface area contributed by atoms with Gasteiger partial charge in [0, 0.05) is 17.8 Å². The zero-order valence-corrected chi connectivity index (χ0v) is 11.5. The molecule has 17 heavy (non-hydrogen) atoms. The summed E-state index contributed by atoms with van der Waals surface area (Å²) in [6.45, 7) is 9.77. The third kappa shape index (κ3) is 2.86. The average molecular weight is 232 g/mol. The van der Waals surface area contributed by atoms with Crippen LogP contribution in [-0.2, 0) is 6.54 Å². The monoisotopic (exact) mass is 232 g/mol. The highest BCUT2D eigenvalue weighted by atomic mass is 15.0. The summed E-state index contributed by atoms with van der Waals surface area (Å²) in [7, 11) is 0. The Balaban J connectivity index is 2.03. The van der Waals surface area contributed by atoms with Crippen LogP contribution in [0, 0.1) is 6.92 Å². The topological polar surface area (TPSA) is 24.9 Å². The molecule has 0 bridgehead atoms. The molecule has 0 aromatic carbocycles. The summed E-state index contributed by atoms with van der Waals surface area (Å²) in [5, 5.41) is 3.63.